The van der Waals surface area contributed by atoms with E-state index in [1.807, 2.05) is 18.2 Å². The lowest BCUT2D eigenvalue weighted by Gasteiger charge is -2.09. The highest BCUT2D eigenvalue weighted by Crippen LogP contribution is 2.28. The Bertz CT molecular complexity index is 626. The Labute approximate surface area is 133 Å². The van der Waals surface area contributed by atoms with Crippen LogP contribution in [0.2, 0.25) is 5.02 Å². The van der Waals surface area contributed by atoms with Crippen molar-refractivity contribution in [1.29, 1.82) is 0 Å². The molecular weight excluding hydrogens is 306 g/mol. The number of rotatable bonds is 7. The van der Waals surface area contributed by atoms with E-state index in [2.05, 4.69) is 5.32 Å². The summed E-state index contributed by atoms with van der Waals surface area (Å²) in [5, 5.41) is 12.7. The number of carbonyl (C=O) groups excluding carboxylic acids is 1. The molecule has 0 aliphatic heterocycles. The molecular formula is C16H18ClNO4. The fraction of sp³-hybridized carbons (Fsp3) is 0.312. The van der Waals surface area contributed by atoms with Crippen LogP contribution in [0.4, 0.5) is 0 Å². The van der Waals surface area contributed by atoms with Crippen LogP contribution in [0.5, 0.6) is 0 Å². The van der Waals surface area contributed by atoms with Crippen LogP contribution in [0.1, 0.15) is 17.0 Å². The van der Waals surface area contributed by atoms with Gasteiger partial charge in [-0.2, -0.15) is 0 Å². The first-order valence-corrected chi connectivity index (χ1v) is 7.29. The largest absolute Gasteiger partial charge is 0.451 e. The van der Waals surface area contributed by atoms with E-state index in [1.54, 1.807) is 18.2 Å². The quantitative estimate of drug-likeness (QED) is 0.822. The van der Waals surface area contributed by atoms with Crippen LogP contribution in [0, 0.1) is 0 Å². The second kappa shape index (κ2) is 7.98. The minimum absolute atomic E-state index is 0.205. The number of benzene rings is 1. The number of halogens is 1. The molecule has 0 saturated heterocycles. The molecule has 5 nitrogen and oxygen atoms in total. The molecule has 0 spiro atoms. The third-order valence-electron chi connectivity index (χ3n) is 3.09. The van der Waals surface area contributed by atoms with Crippen LogP contribution in [-0.2, 0) is 4.74 Å². The van der Waals surface area contributed by atoms with Gasteiger partial charge in [0.25, 0.3) is 5.91 Å². The van der Waals surface area contributed by atoms with Crippen molar-refractivity contribution in [1.82, 2.24) is 5.32 Å². The summed E-state index contributed by atoms with van der Waals surface area (Å²) in [6.45, 7) is 0.582. The van der Waals surface area contributed by atoms with Crippen molar-refractivity contribution < 1.29 is 19.1 Å². The van der Waals surface area contributed by atoms with Gasteiger partial charge in [-0.25, -0.2) is 0 Å². The molecule has 1 heterocycles. The maximum atomic E-state index is 12.0. The van der Waals surface area contributed by atoms with Crippen LogP contribution in [0.25, 0.3) is 11.3 Å². The van der Waals surface area contributed by atoms with Crippen molar-refractivity contribution in [3.63, 3.8) is 0 Å². The molecule has 1 aromatic heterocycles. The summed E-state index contributed by atoms with van der Waals surface area (Å²) in [5.74, 6) is 0.411. The zero-order valence-corrected chi connectivity index (χ0v) is 13.0. The molecule has 0 radical (unpaired) electrons. The standard InChI is InChI=1S/C16H18ClNO4/c1-21-10-11(19)8-9-18-16(20)15-7-6-14(22-15)12-4-2-3-5-13(12)17/h2-7,11,19H,8-10H2,1H3,(H,18,20). The third kappa shape index (κ3) is 4.34. The fourth-order valence-corrected chi connectivity index (χ4v) is 2.21. The van der Waals surface area contributed by atoms with E-state index in [9.17, 15) is 9.90 Å². The minimum atomic E-state index is -0.597. The van der Waals surface area contributed by atoms with Crippen molar-refractivity contribution in [3.8, 4) is 11.3 Å². The van der Waals surface area contributed by atoms with Crippen LogP contribution in [0.3, 0.4) is 0 Å². The highest BCUT2D eigenvalue weighted by molar-refractivity contribution is 6.33. The molecule has 118 valence electrons. The number of aliphatic hydroxyl groups is 1. The second-order valence-corrected chi connectivity index (χ2v) is 5.20. The first kappa shape index (κ1) is 16.5. The summed E-state index contributed by atoms with van der Waals surface area (Å²) in [5.41, 5.74) is 0.735. The molecule has 0 aliphatic rings. The molecule has 1 unspecified atom stereocenters. The molecule has 1 atom stereocenters. The van der Waals surface area contributed by atoms with Gasteiger partial charge in [-0.1, -0.05) is 23.7 Å². The molecule has 2 aromatic rings. The van der Waals surface area contributed by atoms with Crippen LogP contribution in [0.15, 0.2) is 40.8 Å². The zero-order chi connectivity index (χ0) is 15.9. The van der Waals surface area contributed by atoms with E-state index in [0.717, 1.165) is 5.56 Å². The molecule has 2 N–H and O–H groups in total. The highest BCUT2D eigenvalue weighted by atomic mass is 35.5. The van der Waals surface area contributed by atoms with Crippen LogP contribution >= 0.6 is 11.6 Å². The Hall–Kier alpha value is -1.82. The van der Waals surface area contributed by atoms with Gasteiger partial charge in [0.2, 0.25) is 0 Å². The van der Waals surface area contributed by atoms with Gasteiger partial charge in [-0.05, 0) is 30.7 Å². The van der Waals surface area contributed by atoms with Crippen molar-refractivity contribution in [3.05, 3.63) is 47.2 Å². The maximum Gasteiger partial charge on any atom is 0.287 e. The number of nitrogens with one attached hydrogen (secondary N) is 1. The summed E-state index contributed by atoms with van der Waals surface area (Å²) in [6.07, 6.45) is -0.182. The number of hydrogen-bond donors (Lipinski definition) is 2. The molecule has 0 saturated carbocycles. The number of carbonyl (C=O) groups is 1. The predicted octanol–water partition coefficient (Wildman–Crippen LogP) is 2.73. The van der Waals surface area contributed by atoms with Gasteiger partial charge in [0.15, 0.2) is 5.76 Å². The number of methoxy groups -OCH3 is 1. The SMILES string of the molecule is COCC(O)CCNC(=O)c1ccc(-c2ccccc2Cl)o1. The van der Waals surface area contributed by atoms with E-state index in [1.165, 1.54) is 7.11 Å². The molecule has 1 amide bonds. The van der Waals surface area contributed by atoms with E-state index in [-0.39, 0.29) is 18.3 Å². The Kier molecular flexibility index (Phi) is 6.00. The van der Waals surface area contributed by atoms with Gasteiger partial charge < -0.3 is 19.6 Å². The van der Waals surface area contributed by atoms with Crippen molar-refractivity contribution in [2.75, 3.05) is 20.3 Å². The van der Waals surface area contributed by atoms with Crippen molar-refractivity contribution in [2.45, 2.75) is 12.5 Å². The van der Waals surface area contributed by atoms with Gasteiger partial charge >= 0.3 is 0 Å². The first-order valence-electron chi connectivity index (χ1n) is 6.91. The molecule has 0 aliphatic carbocycles. The van der Waals surface area contributed by atoms with E-state index < -0.39 is 6.10 Å². The van der Waals surface area contributed by atoms with Gasteiger partial charge in [0.05, 0.1) is 17.7 Å². The summed E-state index contributed by atoms with van der Waals surface area (Å²) in [4.78, 5) is 12.0. The Morgan fingerprint density at radius 3 is 2.86 bits per heavy atom. The zero-order valence-electron chi connectivity index (χ0n) is 12.2. The summed E-state index contributed by atoms with van der Waals surface area (Å²) in [7, 11) is 1.51. The minimum Gasteiger partial charge on any atom is -0.451 e. The average molecular weight is 324 g/mol. The molecule has 0 fully saturated rings. The summed E-state index contributed by atoms with van der Waals surface area (Å²) in [6, 6.07) is 10.6. The lowest BCUT2D eigenvalue weighted by Crippen LogP contribution is -2.28. The van der Waals surface area contributed by atoms with Crippen molar-refractivity contribution >= 4 is 17.5 Å². The van der Waals surface area contributed by atoms with Gasteiger partial charge in [0.1, 0.15) is 5.76 Å². The molecule has 22 heavy (non-hydrogen) atoms. The predicted molar refractivity (Wildman–Crippen MR) is 84.0 cm³/mol. The monoisotopic (exact) mass is 323 g/mol. The molecule has 6 heteroatoms. The number of amides is 1. The second-order valence-electron chi connectivity index (χ2n) is 4.80. The Balaban J connectivity index is 1.94. The normalized spacial score (nSPS) is 12.1. The summed E-state index contributed by atoms with van der Waals surface area (Å²) < 4.78 is 10.3. The van der Waals surface area contributed by atoms with E-state index in [0.29, 0.717) is 23.7 Å². The van der Waals surface area contributed by atoms with Gasteiger partial charge in [-0.3, -0.25) is 4.79 Å². The first-order chi connectivity index (χ1) is 10.6. The van der Waals surface area contributed by atoms with E-state index >= 15 is 0 Å². The Morgan fingerprint density at radius 2 is 2.14 bits per heavy atom. The van der Waals surface area contributed by atoms with Crippen molar-refractivity contribution in [2.24, 2.45) is 0 Å². The third-order valence-corrected chi connectivity index (χ3v) is 3.42. The maximum absolute atomic E-state index is 12.0. The average Bonchev–Trinajstić information content (AvgIpc) is 2.97. The number of hydrogen-bond acceptors (Lipinski definition) is 4. The number of ether oxygens (including phenoxy) is 1. The van der Waals surface area contributed by atoms with Gasteiger partial charge in [-0.15, -0.1) is 0 Å². The summed E-state index contributed by atoms with van der Waals surface area (Å²) >= 11 is 6.10. The Morgan fingerprint density at radius 1 is 1.36 bits per heavy atom. The molecule has 2 rings (SSSR count). The number of furan rings is 1. The smallest absolute Gasteiger partial charge is 0.287 e. The van der Waals surface area contributed by atoms with Crippen LogP contribution in [-0.4, -0.2) is 37.4 Å². The lowest BCUT2D eigenvalue weighted by atomic mass is 10.2. The molecule has 0 bridgehead atoms. The van der Waals surface area contributed by atoms with E-state index in [4.69, 9.17) is 20.8 Å². The lowest BCUT2D eigenvalue weighted by molar-refractivity contribution is 0.0586. The fourth-order valence-electron chi connectivity index (χ4n) is 1.98. The topological polar surface area (TPSA) is 71.7 Å². The van der Waals surface area contributed by atoms with Gasteiger partial charge in [0, 0.05) is 19.2 Å². The molecule has 1 aromatic carbocycles. The highest BCUT2D eigenvalue weighted by Gasteiger charge is 2.14. The number of aliphatic hydroxyl groups excluding tert-OH is 1. The van der Waals surface area contributed by atoms with Crippen LogP contribution < -0.4 is 5.32 Å².